The summed E-state index contributed by atoms with van der Waals surface area (Å²) in [5, 5.41) is 2.73. The van der Waals surface area contributed by atoms with Crippen LogP contribution in [0.15, 0.2) is 55.1 Å². The van der Waals surface area contributed by atoms with Gasteiger partial charge in [0.1, 0.15) is 0 Å². The summed E-state index contributed by atoms with van der Waals surface area (Å²) in [6.45, 7) is 5.80. The molecule has 0 aliphatic carbocycles. The van der Waals surface area contributed by atoms with Crippen molar-refractivity contribution >= 4 is 17.5 Å². The van der Waals surface area contributed by atoms with Crippen molar-refractivity contribution in [2.24, 2.45) is 0 Å². The molecular weight excluding hydrogens is 335 g/mol. The third kappa shape index (κ3) is 4.69. The number of likely N-dealkylation sites (N-methyl/N-ethyl adjacent to an activating group) is 1. The van der Waals surface area contributed by atoms with E-state index in [1.807, 2.05) is 0 Å². The average Bonchev–Trinajstić information content (AvgIpc) is 2.67. The van der Waals surface area contributed by atoms with E-state index in [9.17, 15) is 14.0 Å². The predicted octanol–water partition coefficient (Wildman–Crippen LogP) is 3.30. The molecule has 0 fully saturated rings. The van der Waals surface area contributed by atoms with Gasteiger partial charge in [0.2, 0.25) is 5.91 Å². The third-order valence-corrected chi connectivity index (χ3v) is 3.77. The number of benzene rings is 2. The van der Waals surface area contributed by atoms with Gasteiger partial charge in [0.05, 0.1) is 6.61 Å². The summed E-state index contributed by atoms with van der Waals surface area (Å²) < 4.78 is 19.0. The Bertz CT molecular complexity index is 803. The number of anilines is 1. The van der Waals surface area contributed by atoms with Gasteiger partial charge in [0.25, 0.3) is 5.91 Å². The lowest BCUT2D eigenvalue weighted by Gasteiger charge is -2.15. The molecule has 5 nitrogen and oxygen atoms in total. The fraction of sp³-hybridized carbons (Fsp3) is 0.200. The summed E-state index contributed by atoms with van der Waals surface area (Å²) in [6, 6.07) is 11.2. The molecule has 0 atom stereocenters. The number of carbonyl (C=O) groups excluding carboxylic acids is 2. The Hall–Kier alpha value is -3.15. The van der Waals surface area contributed by atoms with Crippen LogP contribution in [-0.2, 0) is 11.3 Å². The molecule has 0 bridgehead atoms. The summed E-state index contributed by atoms with van der Waals surface area (Å²) in [5.74, 6) is -0.794. The number of rotatable bonds is 7. The minimum Gasteiger partial charge on any atom is -0.491 e. The van der Waals surface area contributed by atoms with E-state index in [2.05, 4.69) is 11.9 Å². The Balaban J connectivity index is 1.98. The Morgan fingerprint density at radius 1 is 1.23 bits per heavy atom. The molecule has 0 aliphatic heterocycles. The third-order valence-electron chi connectivity index (χ3n) is 3.77. The monoisotopic (exact) mass is 356 g/mol. The molecule has 0 heterocycles. The number of nitrogens with zero attached hydrogens (tertiary/aromatic N) is 1. The minimum atomic E-state index is -0.460. The van der Waals surface area contributed by atoms with Crippen molar-refractivity contribution in [2.75, 3.05) is 18.6 Å². The van der Waals surface area contributed by atoms with Crippen molar-refractivity contribution in [3.63, 3.8) is 0 Å². The Labute approximate surface area is 152 Å². The standard InChI is InChI=1S/C20H21FN2O3/c1-4-19(24)23(3)16-9-7-15(8-10-16)20(25)22-13-14-6-11-18(26-5-2)17(21)12-14/h4,6-12H,1,5,13H2,2-3H3,(H,22,25). The molecule has 26 heavy (non-hydrogen) atoms. The highest BCUT2D eigenvalue weighted by Gasteiger charge is 2.10. The van der Waals surface area contributed by atoms with Gasteiger partial charge in [0.15, 0.2) is 11.6 Å². The van der Waals surface area contributed by atoms with E-state index in [0.29, 0.717) is 23.4 Å². The van der Waals surface area contributed by atoms with Crippen LogP contribution >= 0.6 is 0 Å². The van der Waals surface area contributed by atoms with Crippen molar-refractivity contribution < 1.29 is 18.7 Å². The Morgan fingerprint density at radius 3 is 2.50 bits per heavy atom. The highest BCUT2D eigenvalue weighted by atomic mass is 19.1. The van der Waals surface area contributed by atoms with Gasteiger partial charge in [-0.25, -0.2) is 4.39 Å². The van der Waals surface area contributed by atoms with Gasteiger partial charge < -0.3 is 15.0 Å². The number of hydrogen-bond acceptors (Lipinski definition) is 3. The van der Waals surface area contributed by atoms with E-state index < -0.39 is 5.82 Å². The molecule has 0 aromatic heterocycles. The molecule has 0 saturated heterocycles. The van der Waals surface area contributed by atoms with E-state index in [1.54, 1.807) is 50.4 Å². The molecule has 6 heteroatoms. The lowest BCUT2D eigenvalue weighted by Crippen LogP contribution is -2.25. The molecule has 2 aromatic carbocycles. The van der Waals surface area contributed by atoms with Crippen LogP contribution in [0.1, 0.15) is 22.8 Å². The lowest BCUT2D eigenvalue weighted by molar-refractivity contribution is -0.113. The molecular formula is C20H21FN2O3. The first-order chi connectivity index (χ1) is 12.5. The largest absolute Gasteiger partial charge is 0.491 e. The average molecular weight is 356 g/mol. The maximum atomic E-state index is 13.8. The second kappa shape index (κ2) is 8.80. The molecule has 0 saturated carbocycles. The first kappa shape index (κ1) is 19.2. The zero-order chi connectivity index (χ0) is 19.1. The zero-order valence-corrected chi connectivity index (χ0v) is 14.8. The summed E-state index contributed by atoms with van der Waals surface area (Å²) in [5.41, 5.74) is 1.73. The van der Waals surface area contributed by atoms with Crippen molar-refractivity contribution in [1.29, 1.82) is 0 Å². The quantitative estimate of drug-likeness (QED) is 0.775. The number of amides is 2. The van der Waals surface area contributed by atoms with Crippen molar-refractivity contribution in [3.05, 3.63) is 72.1 Å². The number of halogens is 1. The van der Waals surface area contributed by atoms with Gasteiger partial charge in [-0.2, -0.15) is 0 Å². The van der Waals surface area contributed by atoms with Crippen molar-refractivity contribution in [2.45, 2.75) is 13.5 Å². The van der Waals surface area contributed by atoms with Crippen LogP contribution in [0.5, 0.6) is 5.75 Å². The van der Waals surface area contributed by atoms with E-state index >= 15 is 0 Å². The van der Waals surface area contributed by atoms with E-state index in [1.165, 1.54) is 17.0 Å². The van der Waals surface area contributed by atoms with Crippen LogP contribution in [0.4, 0.5) is 10.1 Å². The Morgan fingerprint density at radius 2 is 1.92 bits per heavy atom. The fourth-order valence-electron chi connectivity index (χ4n) is 2.31. The molecule has 0 radical (unpaired) electrons. The Kier molecular flexibility index (Phi) is 6.49. The van der Waals surface area contributed by atoms with Gasteiger partial charge in [-0.3, -0.25) is 9.59 Å². The highest BCUT2D eigenvalue weighted by molar-refractivity contribution is 6.01. The SMILES string of the molecule is C=CC(=O)N(C)c1ccc(C(=O)NCc2ccc(OCC)c(F)c2)cc1. The molecule has 2 aromatic rings. The van der Waals surface area contributed by atoms with Crippen LogP contribution in [-0.4, -0.2) is 25.5 Å². The molecule has 0 unspecified atom stereocenters. The van der Waals surface area contributed by atoms with Gasteiger partial charge in [-0.1, -0.05) is 12.6 Å². The van der Waals surface area contributed by atoms with E-state index in [-0.39, 0.29) is 24.1 Å². The van der Waals surface area contributed by atoms with E-state index in [0.717, 1.165) is 0 Å². The molecule has 1 N–H and O–H groups in total. The zero-order valence-electron chi connectivity index (χ0n) is 14.8. The predicted molar refractivity (Wildman–Crippen MR) is 98.8 cm³/mol. The first-order valence-corrected chi connectivity index (χ1v) is 8.15. The van der Waals surface area contributed by atoms with Crippen LogP contribution in [0.25, 0.3) is 0 Å². The molecule has 136 valence electrons. The van der Waals surface area contributed by atoms with Crippen LogP contribution < -0.4 is 15.0 Å². The molecule has 0 spiro atoms. The normalized spacial score (nSPS) is 10.1. The second-order valence-corrected chi connectivity index (χ2v) is 5.53. The highest BCUT2D eigenvalue weighted by Crippen LogP contribution is 2.18. The fourth-order valence-corrected chi connectivity index (χ4v) is 2.31. The minimum absolute atomic E-state index is 0.191. The van der Waals surface area contributed by atoms with Crippen molar-refractivity contribution in [3.8, 4) is 5.75 Å². The van der Waals surface area contributed by atoms with Crippen LogP contribution in [0.2, 0.25) is 0 Å². The number of hydrogen-bond donors (Lipinski definition) is 1. The van der Waals surface area contributed by atoms with Crippen LogP contribution in [0, 0.1) is 5.82 Å². The topological polar surface area (TPSA) is 58.6 Å². The smallest absolute Gasteiger partial charge is 0.251 e. The lowest BCUT2D eigenvalue weighted by atomic mass is 10.1. The first-order valence-electron chi connectivity index (χ1n) is 8.15. The summed E-state index contributed by atoms with van der Waals surface area (Å²) in [4.78, 5) is 25.2. The maximum Gasteiger partial charge on any atom is 0.251 e. The summed E-state index contributed by atoms with van der Waals surface area (Å²) in [6.07, 6.45) is 1.22. The summed E-state index contributed by atoms with van der Waals surface area (Å²) in [7, 11) is 1.62. The van der Waals surface area contributed by atoms with Gasteiger partial charge in [-0.05, 0) is 55.0 Å². The van der Waals surface area contributed by atoms with Gasteiger partial charge in [0, 0.05) is 24.8 Å². The number of ether oxygens (including phenoxy) is 1. The number of nitrogens with one attached hydrogen (secondary N) is 1. The summed E-state index contributed by atoms with van der Waals surface area (Å²) >= 11 is 0. The van der Waals surface area contributed by atoms with Crippen molar-refractivity contribution in [1.82, 2.24) is 5.32 Å². The molecule has 2 amide bonds. The molecule has 0 aliphatic rings. The van der Waals surface area contributed by atoms with Gasteiger partial charge in [-0.15, -0.1) is 0 Å². The van der Waals surface area contributed by atoms with Gasteiger partial charge >= 0.3 is 0 Å². The maximum absolute atomic E-state index is 13.8. The van der Waals surface area contributed by atoms with E-state index in [4.69, 9.17) is 4.74 Å². The number of carbonyl (C=O) groups is 2. The van der Waals surface area contributed by atoms with Crippen LogP contribution in [0.3, 0.4) is 0 Å². The second-order valence-electron chi connectivity index (χ2n) is 5.53. The molecule has 2 rings (SSSR count).